The smallest absolute Gasteiger partial charge is 0.223 e. The number of carbonyl (C=O) groups is 1. The Kier molecular flexibility index (Phi) is 8.50. The van der Waals surface area contributed by atoms with Crippen LogP contribution in [0.4, 0.5) is 0 Å². The van der Waals surface area contributed by atoms with Gasteiger partial charge in [-0.3, -0.25) is 4.79 Å². The molecule has 2 saturated heterocycles. The van der Waals surface area contributed by atoms with Gasteiger partial charge in [-0.2, -0.15) is 0 Å². The second-order valence-corrected chi connectivity index (χ2v) is 6.12. The van der Waals surface area contributed by atoms with Crippen LogP contribution in [0, 0.1) is 5.92 Å². The van der Waals surface area contributed by atoms with Crippen LogP contribution in [0.25, 0.3) is 0 Å². The van der Waals surface area contributed by atoms with Crippen molar-refractivity contribution in [3.05, 3.63) is 0 Å². The lowest BCUT2D eigenvalue weighted by molar-refractivity contribution is -0.126. The van der Waals surface area contributed by atoms with E-state index in [9.17, 15) is 4.79 Å². The molecule has 0 radical (unpaired) electrons. The van der Waals surface area contributed by atoms with E-state index in [0.717, 1.165) is 38.9 Å². The second kappa shape index (κ2) is 9.59. The van der Waals surface area contributed by atoms with Crippen LogP contribution in [-0.2, 0) is 4.79 Å². The van der Waals surface area contributed by atoms with Gasteiger partial charge in [-0.1, -0.05) is 6.42 Å². The van der Waals surface area contributed by atoms with Crippen molar-refractivity contribution in [2.45, 2.75) is 51.5 Å². The fraction of sp³-hybridized carbons (Fsp3) is 0.933. The van der Waals surface area contributed by atoms with E-state index in [1.807, 2.05) is 0 Å². The van der Waals surface area contributed by atoms with E-state index in [2.05, 4.69) is 22.5 Å². The molecular weight excluding hydrogens is 274 g/mol. The van der Waals surface area contributed by atoms with E-state index in [0.29, 0.717) is 6.04 Å². The summed E-state index contributed by atoms with van der Waals surface area (Å²) in [5.74, 6) is 0.498. The molecule has 20 heavy (non-hydrogen) atoms. The Hall–Kier alpha value is -0.320. The quantitative estimate of drug-likeness (QED) is 0.761. The number of piperidine rings is 2. The number of nitrogens with zero attached hydrogens (tertiary/aromatic N) is 1. The first-order valence-electron chi connectivity index (χ1n) is 7.99. The Morgan fingerprint density at radius 2 is 2.05 bits per heavy atom. The molecule has 2 aliphatic heterocycles. The highest BCUT2D eigenvalue weighted by atomic mass is 35.5. The highest BCUT2D eigenvalue weighted by molar-refractivity contribution is 5.85. The first kappa shape index (κ1) is 17.7. The summed E-state index contributed by atoms with van der Waals surface area (Å²) < 4.78 is 0. The molecule has 0 aromatic carbocycles. The zero-order valence-electron chi connectivity index (χ0n) is 12.7. The molecule has 2 atom stereocenters. The monoisotopic (exact) mass is 303 g/mol. The molecule has 0 bridgehead atoms. The number of carbonyl (C=O) groups excluding carboxylic acids is 1. The van der Waals surface area contributed by atoms with Gasteiger partial charge >= 0.3 is 0 Å². The zero-order chi connectivity index (χ0) is 13.5. The summed E-state index contributed by atoms with van der Waals surface area (Å²) in [6.45, 7) is 7.62. The van der Waals surface area contributed by atoms with Crippen molar-refractivity contribution >= 4 is 18.3 Å². The molecule has 0 unspecified atom stereocenters. The van der Waals surface area contributed by atoms with E-state index in [-0.39, 0.29) is 24.2 Å². The minimum Gasteiger partial charge on any atom is -0.356 e. The topological polar surface area (TPSA) is 44.4 Å². The summed E-state index contributed by atoms with van der Waals surface area (Å²) >= 11 is 0. The SMILES string of the molecule is C[C@H]1C[C@@H](C(=O)NCCCN2CCCCC2)CCN1.Cl. The van der Waals surface area contributed by atoms with Gasteiger partial charge in [-0.15, -0.1) is 12.4 Å². The Morgan fingerprint density at radius 3 is 2.75 bits per heavy atom. The molecule has 0 saturated carbocycles. The van der Waals surface area contributed by atoms with Crippen molar-refractivity contribution in [2.24, 2.45) is 5.92 Å². The number of hydrogen-bond acceptors (Lipinski definition) is 3. The Labute approximate surface area is 129 Å². The fourth-order valence-corrected chi connectivity index (χ4v) is 3.21. The van der Waals surface area contributed by atoms with Crippen molar-refractivity contribution in [3.63, 3.8) is 0 Å². The normalized spacial score (nSPS) is 27.6. The van der Waals surface area contributed by atoms with Gasteiger partial charge in [0.2, 0.25) is 5.91 Å². The second-order valence-electron chi connectivity index (χ2n) is 6.12. The van der Waals surface area contributed by atoms with Crippen LogP contribution in [-0.4, -0.2) is 49.6 Å². The maximum Gasteiger partial charge on any atom is 0.223 e. The molecular formula is C15H30ClN3O. The molecule has 2 N–H and O–H groups in total. The van der Waals surface area contributed by atoms with Crippen molar-refractivity contribution in [2.75, 3.05) is 32.7 Å². The molecule has 0 aliphatic carbocycles. The predicted octanol–water partition coefficient (Wildman–Crippen LogP) is 1.79. The van der Waals surface area contributed by atoms with Crippen molar-refractivity contribution in [1.29, 1.82) is 0 Å². The molecule has 2 rings (SSSR count). The van der Waals surface area contributed by atoms with E-state index in [4.69, 9.17) is 0 Å². The number of halogens is 1. The van der Waals surface area contributed by atoms with Crippen molar-refractivity contribution in [3.8, 4) is 0 Å². The van der Waals surface area contributed by atoms with Gasteiger partial charge in [-0.05, 0) is 65.2 Å². The lowest BCUT2D eigenvalue weighted by Gasteiger charge is -2.28. The number of hydrogen-bond donors (Lipinski definition) is 2. The van der Waals surface area contributed by atoms with Gasteiger partial charge in [0.1, 0.15) is 0 Å². The summed E-state index contributed by atoms with van der Waals surface area (Å²) in [5, 5.41) is 6.51. The van der Waals surface area contributed by atoms with Gasteiger partial charge < -0.3 is 15.5 Å². The maximum atomic E-state index is 12.0. The molecule has 1 amide bonds. The van der Waals surface area contributed by atoms with E-state index in [1.165, 1.54) is 32.4 Å². The van der Waals surface area contributed by atoms with Crippen molar-refractivity contribution < 1.29 is 4.79 Å². The number of amides is 1. The van der Waals surface area contributed by atoms with Gasteiger partial charge in [0.15, 0.2) is 0 Å². The van der Waals surface area contributed by atoms with Crippen LogP contribution in [0.1, 0.15) is 45.4 Å². The highest BCUT2D eigenvalue weighted by Crippen LogP contribution is 2.15. The third-order valence-corrected chi connectivity index (χ3v) is 4.39. The minimum absolute atomic E-state index is 0. The van der Waals surface area contributed by atoms with Crippen molar-refractivity contribution in [1.82, 2.24) is 15.5 Å². The predicted molar refractivity (Wildman–Crippen MR) is 85.4 cm³/mol. The molecule has 4 nitrogen and oxygen atoms in total. The van der Waals surface area contributed by atoms with Gasteiger partial charge in [-0.25, -0.2) is 0 Å². The van der Waals surface area contributed by atoms with E-state index in [1.54, 1.807) is 0 Å². The summed E-state index contributed by atoms with van der Waals surface area (Å²) in [6, 6.07) is 0.484. The average molecular weight is 304 g/mol. The van der Waals surface area contributed by atoms with Crippen LogP contribution in [0.5, 0.6) is 0 Å². The summed E-state index contributed by atoms with van der Waals surface area (Å²) in [6.07, 6.45) is 7.15. The average Bonchev–Trinajstić information content (AvgIpc) is 2.44. The highest BCUT2D eigenvalue weighted by Gasteiger charge is 2.24. The van der Waals surface area contributed by atoms with Crippen LogP contribution >= 0.6 is 12.4 Å². The van der Waals surface area contributed by atoms with Crippen LogP contribution in [0.15, 0.2) is 0 Å². The molecule has 0 aromatic rings. The third-order valence-electron chi connectivity index (χ3n) is 4.39. The van der Waals surface area contributed by atoms with Gasteiger partial charge in [0.05, 0.1) is 0 Å². The summed E-state index contributed by atoms with van der Waals surface area (Å²) in [7, 11) is 0. The summed E-state index contributed by atoms with van der Waals surface area (Å²) in [5.41, 5.74) is 0. The number of rotatable bonds is 5. The lowest BCUT2D eigenvalue weighted by Crippen LogP contribution is -2.43. The standard InChI is InChI=1S/C15H29N3O.ClH/c1-13-12-14(6-8-16-13)15(19)17-7-5-11-18-9-3-2-4-10-18;/h13-14,16H,2-12H2,1H3,(H,17,19);1H/t13-,14-;/m0./s1. The zero-order valence-corrected chi connectivity index (χ0v) is 13.5. The van der Waals surface area contributed by atoms with Gasteiger partial charge in [0.25, 0.3) is 0 Å². The molecule has 118 valence electrons. The largest absolute Gasteiger partial charge is 0.356 e. The van der Waals surface area contributed by atoms with E-state index >= 15 is 0 Å². The Bertz CT molecular complexity index is 282. The molecule has 2 heterocycles. The molecule has 2 aliphatic rings. The van der Waals surface area contributed by atoms with Crippen LogP contribution in [0.3, 0.4) is 0 Å². The lowest BCUT2D eigenvalue weighted by atomic mass is 9.92. The number of nitrogens with one attached hydrogen (secondary N) is 2. The fourth-order valence-electron chi connectivity index (χ4n) is 3.21. The summed E-state index contributed by atoms with van der Waals surface area (Å²) in [4.78, 5) is 14.6. The Balaban J connectivity index is 0.00000200. The first-order chi connectivity index (χ1) is 9.25. The minimum atomic E-state index is 0. The molecule has 0 aromatic heterocycles. The van der Waals surface area contributed by atoms with Crippen LogP contribution in [0.2, 0.25) is 0 Å². The Morgan fingerprint density at radius 1 is 1.30 bits per heavy atom. The first-order valence-corrected chi connectivity index (χ1v) is 7.99. The number of likely N-dealkylation sites (tertiary alicyclic amines) is 1. The van der Waals surface area contributed by atoms with Gasteiger partial charge in [0, 0.05) is 18.5 Å². The maximum absolute atomic E-state index is 12.0. The molecule has 2 fully saturated rings. The van der Waals surface area contributed by atoms with Crippen LogP contribution < -0.4 is 10.6 Å². The third kappa shape index (κ3) is 5.98. The molecule has 0 spiro atoms. The van der Waals surface area contributed by atoms with E-state index < -0.39 is 0 Å². The molecule has 5 heteroatoms.